The molecule has 5 rings (SSSR count). The van der Waals surface area contributed by atoms with Crippen molar-refractivity contribution in [2.24, 2.45) is 0 Å². The second-order valence-electron chi connectivity index (χ2n) is 9.72. The van der Waals surface area contributed by atoms with E-state index in [1.165, 1.54) is 16.7 Å². The third kappa shape index (κ3) is 7.29. The van der Waals surface area contributed by atoms with Gasteiger partial charge in [-0.1, -0.05) is 83.5 Å². The molecule has 2 amide bonds. The Kier molecular flexibility index (Phi) is 9.36. The van der Waals surface area contributed by atoms with Crippen LogP contribution in [-0.4, -0.2) is 32.3 Å². The van der Waals surface area contributed by atoms with Crippen LogP contribution < -0.4 is 10.6 Å². The van der Waals surface area contributed by atoms with Gasteiger partial charge in [0.15, 0.2) is 11.0 Å². The first-order chi connectivity index (χ1) is 21.1. The van der Waals surface area contributed by atoms with Gasteiger partial charge in [0, 0.05) is 12.1 Å². The van der Waals surface area contributed by atoms with Crippen molar-refractivity contribution in [3.05, 3.63) is 124 Å². The largest absolute Gasteiger partial charge is 0.416 e. The Hall–Kier alpha value is -4.61. The van der Waals surface area contributed by atoms with E-state index in [0.717, 1.165) is 35.0 Å². The van der Waals surface area contributed by atoms with Gasteiger partial charge in [-0.2, -0.15) is 13.2 Å². The molecule has 0 radical (unpaired) electrons. The number of para-hydroxylation sites is 1. The lowest BCUT2D eigenvalue weighted by atomic mass is 10.1. The first-order valence-electron chi connectivity index (χ1n) is 13.3. The van der Waals surface area contributed by atoms with E-state index in [1.807, 2.05) is 31.2 Å². The van der Waals surface area contributed by atoms with Gasteiger partial charge in [-0.15, -0.1) is 10.2 Å². The van der Waals surface area contributed by atoms with Gasteiger partial charge in [-0.25, -0.2) is 0 Å². The number of nitrogens with zero attached hydrogens (tertiary/aromatic N) is 3. The lowest BCUT2D eigenvalue weighted by Crippen LogP contribution is -2.25. The summed E-state index contributed by atoms with van der Waals surface area (Å²) in [6, 6.07) is 25.9. The third-order valence-electron chi connectivity index (χ3n) is 6.53. The van der Waals surface area contributed by atoms with Crippen LogP contribution in [-0.2, 0) is 17.5 Å². The number of rotatable bonds is 9. The van der Waals surface area contributed by atoms with Crippen LogP contribution in [0.4, 0.5) is 18.9 Å². The molecule has 0 aliphatic carbocycles. The molecule has 2 N–H and O–H groups in total. The summed E-state index contributed by atoms with van der Waals surface area (Å²) in [5.74, 6) is -0.762. The minimum atomic E-state index is -4.57. The highest BCUT2D eigenvalue weighted by molar-refractivity contribution is 7.99. The van der Waals surface area contributed by atoms with Crippen LogP contribution >= 0.6 is 23.4 Å². The minimum absolute atomic E-state index is 0.151. The summed E-state index contributed by atoms with van der Waals surface area (Å²) in [6.45, 7) is 2.29. The van der Waals surface area contributed by atoms with Crippen LogP contribution in [0.2, 0.25) is 5.02 Å². The Morgan fingerprint density at radius 1 is 0.909 bits per heavy atom. The van der Waals surface area contributed by atoms with Crippen molar-refractivity contribution in [1.29, 1.82) is 0 Å². The predicted molar refractivity (Wildman–Crippen MR) is 165 cm³/mol. The minimum Gasteiger partial charge on any atom is -0.348 e. The van der Waals surface area contributed by atoms with Gasteiger partial charge < -0.3 is 10.6 Å². The van der Waals surface area contributed by atoms with Crippen LogP contribution in [0, 0.1) is 6.92 Å². The van der Waals surface area contributed by atoms with Gasteiger partial charge in [0.05, 0.1) is 33.3 Å². The second-order valence-corrected chi connectivity index (χ2v) is 11.1. The lowest BCUT2D eigenvalue weighted by molar-refractivity contribution is -0.137. The zero-order valence-electron chi connectivity index (χ0n) is 23.2. The highest BCUT2D eigenvalue weighted by atomic mass is 35.5. The zero-order valence-corrected chi connectivity index (χ0v) is 24.8. The van der Waals surface area contributed by atoms with E-state index in [0.29, 0.717) is 22.8 Å². The SMILES string of the molecule is Cc1ccc(CNC(=O)c2ccccc2NC(=O)CSc2nnc(-c3ccccc3Cl)n2-c2cccc(C(F)(F)F)c2)cc1. The predicted octanol–water partition coefficient (Wildman–Crippen LogP) is 7.58. The highest BCUT2D eigenvalue weighted by Crippen LogP contribution is 2.35. The molecule has 224 valence electrons. The quantitative estimate of drug-likeness (QED) is 0.163. The highest BCUT2D eigenvalue weighted by Gasteiger charge is 2.31. The number of aryl methyl sites for hydroxylation is 1. The molecule has 0 aliphatic rings. The Labute approximate surface area is 260 Å². The molecule has 4 aromatic carbocycles. The molecule has 5 aromatic rings. The molecule has 0 atom stereocenters. The smallest absolute Gasteiger partial charge is 0.348 e. The number of carbonyl (C=O) groups excluding carboxylic acids is 2. The van der Waals surface area contributed by atoms with E-state index >= 15 is 0 Å². The number of thioether (sulfide) groups is 1. The molecule has 0 unspecified atom stereocenters. The van der Waals surface area contributed by atoms with Crippen molar-refractivity contribution in [2.75, 3.05) is 11.1 Å². The monoisotopic (exact) mass is 635 g/mol. The maximum atomic E-state index is 13.5. The third-order valence-corrected chi connectivity index (χ3v) is 7.79. The summed E-state index contributed by atoms with van der Waals surface area (Å²) in [6.07, 6.45) is -4.57. The van der Waals surface area contributed by atoms with E-state index < -0.39 is 17.6 Å². The van der Waals surface area contributed by atoms with Gasteiger partial charge in [0.25, 0.3) is 5.91 Å². The number of anilines is 1. The van der Waals surface area contributed by atoms with Crippen molar-refractivity contribution in [1.82, 2.24) is 20.1 Å². The fourth-order valence-corrected chi connectivity index (χ4v) is 5.30. The maximum absolute atomic E-state index is 13.5. The number of amides is 2. The summed E-state index contributed by atoms with van der Waals surface area (Å²) >= 11 is 7.37. The summed E-state index contributed by atoms with van der Waals surface area (Å²) < 4.78 is 42.1. The van der Waals surface area contributed by atoms with Crippen molar-refractivity contribution >= 4 is 40.9 Å². The number of hydrogen-bond acceptors (Lipinski definition) is 5. The van der Waals surface area contributed by atoms with Gasteiger partial charge >= 0.3 is 6.18 Å². The number of hydrogen-bond donors (Lipinski definition) is 2. The van der Waals surface area contributed by atoms with E-state index in [1.54, 1.807) is 48.5 Å². The first kappa shape index (κ1) is 30.8. The van der Waals surface area contributed by atoms with Crippen molar-refractivity contribution in [3.8, 4) is 17.1 Å². The number of aromatic nitrogens is 3. The van der Waals surface area contributed by atoms with Crippen LogP contribution in [0.3, 0.4) is 0 Å². The van der Waals surface area contributed by atoms with E-state index in [2.05, 4.69) is 20.8 Å². The van der Waals surface area contributed by atoms with Gasteiger partial charge in [0.1, 0.15) is 0 Å². The van der Waals surface area contributed by atoms with Gasteiger partial charge in [-0.05, 0) is 55.0 Å². The summed E-state index contributed by atoms with van der Waals surface area (Å²) in [7, 11) is 0. The Morgan fingerprint density at radius 2 is 1.64 bits per heavy atom. The maximum Gasteiger partial charge on any atom is 0.416 e. The summed E-state index contributed by atoms with van der Waals surface area (Å²) in [5.41, 5.74) is 2.41. The number of nitrogens with one attached hydrogen (secondary N) is 2. The number of benzene rings is 4. The average Bonchev–Trinajstić information content (AvgIpc) is 3.43. The van der Waals surface area contributed by atoms with Crippen LogP contribution in [0.25, 0.3) is 17.1 Å². The number of halogens is 4. The molecule has 0 saturated heterocycles. The van der Waals surface area contributed by atoms with Crippen LogP contribution in [0.15, 0.2) is 102 Å². The van der Waals surface area contributed by atoms with E-state index in [9.17, 15) is 22.8 Å². The first-order valence-corrected chi connectivity index (χ1v) is 14.7. The van der Waals surface area contributed by atoms with Crippen LogP contribution in [0.1, 0.15) is 27.0 Å². The van der Waals surface area contributed by atoms with Crippen LogP contribution in [0.5, 0.6) is 0 Å². The molecule has 0 bridgehead atoms. The Balaban J connectivity index is 1.35. The van der Waals surface area contributed by atoms with Gasteiger partial charge in [0.2, 0.25) is 5.91 Å². The van der Waals surface area contributed by atoms with Crippen molar-refractivity contribution in [2.45, 2.75) is 24.8 Å². The molecule has 44 heavy (non-hydrogen) atoms. The molecule has 1 aromatic heterocycles. The standard InChI is InChI=1S/C32H25ClF3N5O2S/c1-20-13-15-21(16-14-20)18-37-30(43)25-10-3-5-12-27(25)38-28(42)19-44-31-40-39-29(24-9-2-4-11-26(24)33)41(31)23-8-6-7-22(17-23)32(34,35)36/h2-17H,18-19H2,1H3,(H,37,43)(H,38,42). The topological polar surface area (TPSA) is 88.9 Å². The van der Waals surface area contributed by atoms with Gasteiger partial charge in [-0.3, -0.25) is 14.2 Å². The zero-order chi connectivity index (χ0) is 31.3. The number of carbonyl (C=O) groups is 2. The molecular formula is C32H25ClF3N5O2S. The molecule has 1 heterocycles. The lowest BCUT2D eigenvalue weighted by Gasteiger charge is -2.14. The molecule has 12 heteroatoms. The average molecular weight is 636 g/mol. The van der Waals surface area contributed by atoms with Crippen molar-refractivity contribution in [3.63, 3.8) is 0 Å². The van der Waals surface area contributed by atoms with E-state index in [4.69, 9.17) is 11.6 Å². The summed E-state index contributed by atoms with van der Waals surface area (Å²) in [4.78, 5) is 26.0. The Bertz CT molecular complexity index is 1810. The molecule has 7 nitrogen and oxygen atoms in total. The molecule has 0 fully saturated rings. The number of alkyl halides is 3. The fourth-order valence-electron chi connectivity index (χ4n) is 4.32. The Morgan fingerprint density at radius 3 is 2.39 bits per heavy atom. The van der Waals surface area contributed by atoms with Crippen molar-refractivity contribution < 1.29 is 22.8 Å². The second kappa shape index (κ2) is 13.4. The molecule has 0 spiro atoms. The molecule has 0 saturated carbocycles. The van der Waals surface area contributed by atoms with E-state index in [-0.39, 0.29) is 33.9 Å². The molecular weight excluding hydrogens is 611 g/mol. The fraction of sp³-hybridized carbons (Fsp3) is 0.125. The molecule has 0 aliphatic heterocycles. The normalized spacial score (nSPS) is 11.3. The summed E-state index contributed by atoms with van der Waals surface area (Å²) in [5, 5.41) is 14.5.